The normalized spacial score (nSPS) is 26.9. The first-order chi connectivity index (χ1) is 9.85. The number of rotatable bonds is 7. The van der Waals surface area contributed by atoms with Gasteiger partial charge < -0.3 is 5.32 Å². The highest BCUT2D eigenvalue weighted by Gasteiger charge is 2.23. The molecule has 0 saturated heterocycles. The Bertz CT molecular complexity index is 409. The minimum absolute atomic E-state index is 0.707. The molecule has 1 aromatic rings. The molecule has 1 heterocycles. The molecule has 112 valence electrons. The van der Waals surface area contributed by atoms with E-state index in [0.29, 0.717) is 5.25 Å². The van der Waals surface area contributed by atoms with E-state index in [1.165, 1.54) is 44.9 Å². The lowest BCUT2D eigenvalue weighted by molar-refractivity contribution is 0.355. The van der Waals surface area contributed by atoms with Crippen LogP contribution >= 0.6 is 11.8 Å². The minimum Gasteiger partial charge on any atom is -0.312 e. The number of nitrogens with one attached hydrogen (secondary N) is 1. The monoisotopic (exact) mass is 295 g/mol. The smallest absolute Gasteiger partial charge is 0.209 e. The van der Waals surface area contributed by atoms with Gasteiger partial charge in [-0.2, -0.15) is 0 Å². The van der Waals surface area contributed by atoms with Gasteiger partial charge in [0.05, 0.1) is 6.54 Å². The predicted octanol–water partition coefficient (Wildman–Crippen LogP) is 2.49. The third kappa shape index (κ3) is 3.95. The molecule has 3 rings (SSSR count). The Balaban J connectivity index is 1.46. The SMILES string of the molecule is CCC1CCC(Sc2nnnn2CCNC2CC2)CC1. The molecule has 1 N–H and O–H groups in total. The van der Waals surface area contributed by atoms with Crippen molar-refractivity contribution in [2.75, 3.05) is 6.54 Å². The summed E-state index contributed by atoms with van der Waals surface area (Å²) in [5, 5.41) is 17.4. The quantitative estimate of drug-likeness (QED) is 0.837. The maximum Gasteiger partial charge on any atom is 0.209 e. The van der Waals surface area contributed by atoms with Gasteiger partial charge in [-0.25, -0.2) is 4.68 Å². The topological polar surface area (TPSA) is 55.6 Å². The maximum atomic E-state index is 4.20. The molecule has 6 heteroatoms. The first-order valence-corrected chi connectivity index (χ1v) is 8.89. The summed E-state index contributed by atoms with van der Waals surface area (Å²) in [6.45, 7) is 4.17. The van der Waals surface area contributed by atoms with E-state index in [9.17, 15) is 0 Å². The lowest BCUT2D eigenvalue weighted by Gasteiger charge is -2.26. The standard InChI is InChI=1S/C14H25N5S/c1-2-11-3-7-13(8-4-11)20-14-16-17-18-19(14)10-9-15-12-5-6-12/h11-13,15H,2-10H2,1H3. The Morgan fingerprint density at radius 2 is 2.00 bits per heavy atom. The fourth-order valence-corrected chi connectivity index (χ4v) is 4.03. The van der Waals surface area contributed by atoms with Gasteiger partial charge in [-0.1, -0.05) is 25.1 Å². The van der Waals surface area contributed by atoms with E-state index in [-0.39, 0.29) is 0 Å². The fourth-order valence-electron chi connectivity index (χ4n) is 2.89. The lowest BCUT2D eigenvalue weighted by Crippen LogP contribution is -2.23. The molecule has 0 unspecified atom stereocenters. The van der Waals surface area contributed by atoms with Crippen LogP contribution in [0.1, 0.15) is 51.9 Å². The van der Waals surface area contributed by atoms with Crippen LogP contribution in [-0.2, 0) is 6.54 Å². The van der Waals surface area contributed by atoms with Crippen LogP contribution in [0.2, 0.25) is 0 Å². The van der Waals surface area contributed by atoms with E-state index < -0.39 is 0 Å². The van der Waals surface area contributed by atoms with Crippen molar-refractivity contribution in [3.05, 3.63) is 0 Å². The molecule has 2 aliphatic carbocycles. The number of thioether (sulfide) groups is 1. The average Bonchev–Trinajstić information content (AvgIpc) is 3.20. The molecule has 0 amide bonds. The molecule has 1 aromatic heterocycles. The molecule has 0 atom stereocenters. The van der Waals surface area contributed by atoms with Crippen LogP contribution in [0.4, 0.5) is 0 Å². The lowest BCUT2D eigenvalue weighted by atomic mass is 9.87. The maximum absolute atomic E-state index is 4.20. The third-order valence-electron chi connectivity index (χ3n) is 4.48. The average molecular weight is 295 g/mol. The van der Waals surface area contributed by atoms with Gasteiger partial charge in [0.2, 0.25) is 5.16 Å². The van der Waals surface area contributed by atoms with Crippen LogP contribution in [0.15, 0.2) is 5.16 Å². The third-order valence-corrected chi connectivity index (χ3v) is 5.78. The highest BCUT2D eigenvalue weighted by Crippen LogP contribution is 2.35. The zero-order valence-electron chi connectivity index (χ0n) is 12.3. The number of nitrogens with zero attached hydrogens (tertiary/aromatic N) is 4. The van der Waals surface area contributed by atoms with Crippen LogP contribution < -0.4 is 5.32 Å². The van der Waals surface area contributed by atoms with Gasteiger partial charge in [0.25, 0.3) is 0 Å². The minimum atomic E-state index is 0.707. The summed E-state index contributed by atoms with van der Waals surface area (Å²) in [4.78, 5) is 0. The molecule has 20 heavy (non-hydrogen) atoms. The largest absolute Gasteiger partial charge is 0.312 e. The second kappa shape index (κ2) is 6.89. The Hall–Kier alpha value is -0.620. The Kier molecular flexibility index (Phi) is 4.94. The van der Waals surface area contributed by atoms with Crippen molar-refractivity contribution in [2.45, 2.75) is 74.9 Å². The van der Waals surface area contributed by atoms with Gasteiger partial charge in [-0.3, -0.25) is 0 Å². The van der Waals surface area contributed by atoms with Gasteiger partial charge in [0.15, 0.2) is 0 Å². The Morgan fingerprint density at radius 1 is 1.20 bits per heavy atom. The highest BCUT2D eigenvalue weighted by molar-refractivity contribution is 7.99. The van der Waals surface area contributed by atoms with Crippen molar-refractivity contribution in [1.29, 1.82) is 0 Å². The number of tetrazole rings is 1. The molecular formula is C14H25N5S. The molecule has 0 bridgehead atoms. The van der Waals surface area contributed by atoms with Crippen molar-refractivity contribution in [3.63, 3.8) is 0 Å². The van der Waals surface area contributed by atoms with E-state index in [2.05, 4.69) is 27.8 Å². The molecule has 0 spiro atoms. The molecular weight excluding hydrogens is 270 g/mol. The van der Waals surface area contributed by atoms with E-state index in [4.69, 9.17) is 0 Å². The van der Waals surface area contributed by atoms with Gasteiger partial charge in [-0.15, -0.1) is 5.10 Å². The summed E-state index contributed by atoms with van der Waals surface area (Å²) in [6.07, 6.45) is 9.38. The van der Waals surface area contributed by atoms with Crippen molar-refractivity contribution in [1.82, 2.24) is 25.5 Å². The zero-order valence-corrected chi connectivity index (χ0v) is 13.1. The van der Waals surface area contributed by atoms with Gasteiger partial charge in [0.1, 0.15) is 0 Å². The van der Waals surface area contributed by atoms with E-state index in [1.54, 1.807) is 0 Å². The Morgan fingerprint density at radius 3 is 2.70 bits per heavy atom. The Labute approximate surface area is 125 Å². The summed E-state index contributed by atoms with van der Waals surface area (Å²) < 4.78 is 1.96. The molecule has 2 aliphatic rings. The van der Waals surface area contributed by atoms with Crippen molar-refractivity contribution >= 4 is 11.8 Å². The summed E-state index contributed by atoms with van der Waals surface area (Å²) >= 11 is 1.88. The number of hydrogen-bond acceptors (Lipinski definition) is 5. The van der Waals surface area contributed by atoms with Crippen LogP contribution in [0.5, 0.6) is 0 Å². The molecule has 2 fully saturated rings. The van der Waals surface area contributed by atoms with E-state index >= 15 is 0 Å². The second-order valence-corrected chi connectivity index (χ2v) is 7.35. The first kappa shape index (κ1) is 14.3. The first-order valence-electron chi connectivity index (χ1n) is 8.01. The number of aromatic nitrogens is 4. The van der Waals surface area contributed by atoms with Gasteiger partial charge in [-0.05, 0) is 54.9 Å². The van der Waals surface area contributed by atoms with Gasteiger partial charge >= 0.3 is 0 Å². The molecule has 0 radical (unpaired) electrons. The molecule has 5 nitrogen and oxygen atoms in total. The van der Waals surface area contributed by atoms with Crippen molar-refractivity contribution < 1.29 is 0 Å². The van der Waals surface area contributed by atoms with Crippen LogP contribution in [0.25, 0.3) is 0 Å². The van der Waals surface area contributed by atoms with Crippen molar-refractivity contribution in [3.8, 4) is 0 Å². The highest BCUT2D eigenvalue weighted by atomic mass is 32.2. The summed E-state index contributed by atoms with van der Waals surface area (Å²) in [5.41, 5.74) is 0. The van der Waals surface area contributed by atoms with Gasteiger partial charge in [0, 0.05) is 17.8 Å². The second-order valence-electron chi connectivity index (χ2n) is 6.08. The van der Waals surface area contributed by atoms with Crippen molar-refractivity contribution in [2.24, 2.45) is 5.92 Å². The predicted molar refractivity (Wildman–Crippen MR) is 80.7 cm³/mol. The summed E-state index contributed by atoms with van der Waals surface area (Å²) in [7, 11) is 0. The summed E-state index contributed by atoms with van der Waals surface area (Å²) in [5.74, 6) is 0.950. The fraction of sp³-hybridized carbons (Fsp3) is 0.929. The zero-order chi connectivity index (χ0) is 13.8. The molecule has 0 aromatic carbocycles. The van der Waals surface area contributed by atoms with Crippen LogP contribution in [0, 0.1) is 5.92 Å². The van der Waals surface area contributed by atoms with Crippen LogP contribution in [-0.4, -0.2) is 38.0 Å². The van der Waals surface area contributed by atoms with E-state index in [1.807, 2.05) is 16.4 Å². The molecule has 2 saturated carbocycles. The van der Waals surface area contributed by atoms with E-state index in [0.717, 1.165) is 30.2 Å². The summed E-state index contributed by atoms with van der Waals surface area (Å²) in [6, 6.07) is 0.756. The number of hydrogen-bond donors (Lipinski definition) is 1. The molecule has 0 aliphatic heterocycles. The van der Waals surface area contributed by atoms with Crippen LogP contribution in [0.3, 0.4) is 0 Å².